The molecule has 0 spiro atoms. The molecule has 0 amide bonds. The van der Waals surface area contributed by atoms with E-state index in [9.17, 15) is 8.42 Å². The summed E-state index contributed by atoms with van der Waals surface area (Å²) in [6.07, 6.45) is 4.87. The SMILES string of the molecule is CS(=O)(=O)c1ccc(-c2ncnc3ccc(-c4cn(C(c5ccccc5)(c5ccccc5)c5ccccc5)nc4CBr)cc23)s1. The minimum atomic E-state index is -3.32. The van der Waals surface area contributed by atoms with Crippen molar-refractivity contribution >= 4 is 48.0 Å². The van der Waals surface area contributed by atoms with Crippen LogP contribution in [0.3, 0.4) is 0 Å². The van der Waals surface area contributed by atoms with Crippen molar-refractivity contribution < 1.29 is 8.42 Å². The van der Waals surface area contributed by atoms with Crippen molar-refractivity contribution in [3.63, 3.8) is 0 Å². The summed E-state index contributed by atoms with van der Waals surface area (Å²) in [7, 11) is -3.32. The van der Waals surface area contributed by atoms with Crippen molar-refractivity contribution in [1.82, 2.24) is 19.7 Å². The molecule has 0 fully saturated rings. The lowest BCUT2D eigenvalue weighted by atomic mass is 9.77. The van der Waals surface area contributed by atoms with Crippen molar-refractivity contribution in [2.24, 2.45) is 0 Å². The number of rotatable bonds is 8. The first-order valence-electron chi connectivity index (χ1n) is 14.3. The van der Waals surface area contributed by atoms with E-state index < -0.39 is 15.4 Å². The number of halogens is 1. The van der Waals surface area contributed by atoms with E-state index in [4.69, 9.17) is 5.10 Å². The molecule has 6 nitrogen and oxygen atoms in total. The molecule has 0 saturated heterocycles. The zero-order valence-electron chi connectivity index (χ0n) is 24.2. The van der Waals surface area contributed by atoms with Crippen molar-refractivity contribution in [2.45, 2.75) is 15.1 Å². The van der Waals surface area contributed by atoms with Gasteiger partial charge < -0.3 is 0 Å². The van der Waals surface area contributed by atoms with Gasteiger partial charge in [0.2, 0.25) is 0 Å². The van der Waals surface area contributed by atoms with Gasteiger partial charge in [-0.1, -0.05) is 113 Å². The van der Waals surface area contributed by atoms with Crippen LogP contribution < -0.4 is 0 Å². The van der Waals surface area contributed by atoms with Crippen LogP contribution >= 0.6 is 27.3 Å². The highest BCUT2D eigenvalue weighted by Gasteiger charge is 2.40. The topological polar surface area (TPSA) is 77.7 Å². The van der Waals surface area contributed by atoms with Crippen molar-refractivity contribution in [1.29, 1.82) is 0 Å². The number of alkyl halides is 1. The highest BCUT2D eigenvalue weighted by molar-refractivity contribution is 9.08. The number of hydrogen-bond donors (Lipinski definition) is 0. The average Bonchev–Trinajstić information content (AvgIpc) is 3.75. The monoisotopic (exact) mass is 690 g/mol. The van der Waals surface area contributed by atoms with Gasteiger partial charge in [0.15, 0.2) is 9.84 Å². The molecule has 222 valence electrons. The molecule has 0 aliphatic carbocycles. The predicted molar refractivity (Wildman–Crippen MR) is 184 cm³/mol. The maximum Gasteiger partial charge on any atom is 0.184 e. The molecule has 0 aliphatic rings. The zero-order valence-corrected chi connectivity index (χ0v) is 27.4. The maximum absolute atomic E-state index is 12.2. The Bertz CT molecular complexity index is 2140. The van der Waals surface area contributed by atoms with Gasteiger partial charge in [0.05, 0.1) is 21.8 Å². The van der Waals surface area contributed by atoms with Crippen molar-refractivity contribution in [2.75, 3.05) is 6.26 Å². The third-order valence-corrected chi connectivity index (χ3v) is 11.4. The lowest BCUT2D eigenvalue weighted by molar-refractivity contribution is 0.457. The Kier molecular flexibility index (Phi) is 7.69. The molecule has 0 atom stereocenters. The van der Waals surface area contributed by atoms with Gasteiger partial charge in [0, 0.05) is 28.7 Å². The summed E-state index contributed by atoms with van der Waals surface area (Å²) in [6.45, 7) is 0. The summed E-state index contributed by atoms with van der Waals surface area (Å²) >= 11 is 4.94. The van der Waals surface area contributed by atoms with Gasteiger partial charge in [-0.15, -0.1) is 11.3 Å². The zero-order chi connectivity index (χ0) is 31.0. The smallest absolute Gasteiger partial charge is 0.184 e. The second-order valence-corrected chi connectivity index (χ2v) is 14.6. The van der Waals surface area contributed by atoms with Gasteiger partial charge in [-0.25, -0.2) is 18.4 Å². The molecule has 0 radical (unpaired) electrons. The number of hydrogen-bond acceptors (Lipinski definition) is 6. The Hall–Kier alpha value is -4.44. The summed E-state index contributed by atoms with van der Waals surface area (Å²) in [5, 5.41) is 6.65. The van der Waals surface area contributed by atoms with E-state index in [0.29, 0.717) is 15.2 Å². The minimum absolute atomic E-state index is 0.308. The molecule has 3 aromatic heterocycles. The third-order valence-electron chi connectivity index (χ3n) is 7.96. The number of fused-ring (bicyclic) bond motifs is 1. The highest BCUT2D eigenvalue weighted by atomic mass is 79.9. The van der Waals surface area contributed by atoms with E-state index in [1.807, 2.05) is 30.3 Å². The summed E-state index contributed by atoms with van der Waals surface area (Å²) in [6, 6.07) is 41.0. The highest BCUT2D eigenvalue weighted by Crippen LogP contribution is 2.42. The van der Waals surface area contributed by atoms with Crippen LogP contribution in [0, 0.1) is 0 Å². The van der Waals surface area contributed by atoms with Crippen molar-refractivity contribution in [3.05, 3.63) is 156 Å². The molecule has 7 rings (SSSR count). The Labute approximate surface area is 274 Å². The molecular formula is C36H27BrN4O2S2. The number of thiophene rings is 1. The quantitative estimate of drug-likeness (QED) is 0.118. The lowest BCUT2D eigenvalue weighted by Crippen LogP contribution is -2.38. The van der Waals surface area contributed by atoms with E-state index in [2.05, 4.69) is 122 Å². The molecule has 0 saturated carbocycles. The molecular weight excluding hydrogens is 664 g/mol. The average molecular weight is 692 g/mol. The first-order chi connectivity index (χ1) is 21.9. The van der Waals surface area contributed by atoms with Crippen LogP contribution in [-0.4, -0.2) is 34.4 Å². The molecule has 9 heteroatoms. The second kappa shape index (κ2) is 11.8. The van der Waals surface area contributed by atoms with E-state index in [0.717, 1.165) is 49.3 Å². The number of aromatic nitrogens is 4. The molecule has 4 aromatic carbocycles. The van der Waals surface area contributed by atoms with E-state index in [1.165, 1.54) is 23.9 Å². The molecule has 0 N–H and O–H groups in total. The normalized spacial score (nSPS) is 12.0. The van der Waals surface area contributed by atoms with Gasteiger partial charge in [0.1, 0.15) is 16.1 Å². The van der Waals surface area contributed by atoms with Crippen LogP contribution in [0.1, 0.15) is 22.4 Å². The van der Waals surface area contributed by atoms with Crippen LogP contribution in [0.5, 0.6) is 0 Å². The standard InChI is InChI=1S/C36H27BrN4O2S2/c1-45(42,43)34-20-19-33(44-34)35-29-21-25(17-18-31(29)38-24-39-35)30-23-41(40-32(30)22-37)36(26-11-5-2-6-12-26,27-13-7-3-8-14-27)28-15-9-4-10-16-28/h2-21,23-24H,22H2,1H3. The second-order valence-electron chi connectivity index (χ2n) is 10.7. The molecule has 0 bridgehead atoms. The summed E-state index contributed by atoms with van der Waals surface area (Å²) in [5.74, 6) is 0. The first kappa shape index (κ1) is 29.3. The number of nitrogens with zero attached hydrogens (tertiary/aromatic N) is 4. The molecule has 7 aromatic rings. The van der Waals surface area contributed by atoms with Crippen molar-refractivity contribution in [3.8, 4) is 21.7 Å². The Balaban J connectivity index is 1.46. The van der Waals surface area contributed by atoms with Gasteiger partial charge in [-0.2, -0.15) is 5.10 Å². The largest absolute Gasteiger partial charge is 0.252 e. The van der Waals surface area contributed by atoms with E-state index in [1.54, 1.807) is 6.07 Å². The van der Waals surface area contributed by atoms with E-state index >= 15 is 0 Å². The molecule has 3 heterocycles. The molecule has 0 unspecified atom stereocenters. The van der Waals surface area contributed by atoms with Crippen LogP contribution in [-0.2, 0) is 20.7 Å². The Morgan fingerprint density at radius 3 is 1.91 bits per heavy atom. The van der Waals surface area contributed by atoms with Crippen LogP contribution in [0.15, 0.2) is 138 Å². The summed E-state index contributed by atoms with van der Waals surface area (Å²) in [4.78, 5) is 9.87. The maximum atomic E-state index is 12.2. The fourth-order valence-corrected chi connectivity index (χ4v) is 8.28. The van der Waals surface area contributed by atoms with Gasteiger partial charge in [-0.3, -0.25) is 4.68 Å². The summed E-state index contributed by atoms with van der Waals surface area (Å²) < 4.78 is 26.8. The molecule has 0 aliphatic heterocycles. The predicted octanol–water partition coefficient (Wildman–Crippen LogP) is 8.36. The van der Waals surface area contributed by atoms with Crippen LogP contribution in [0.4, 0.5) is 0 Å². The fourth-order valence-electron chi connectivity index (χ4n) is 5.92. The van der Waals surface area contributed by atoms with Crippen LogP contribution in [0.25, 0.3) is 32.6 Å². The molecule has 45 heavy (non-hydrogen) atoms. The van der Waals surface area contributed by atoms with E-state index in [-0.39, 0.29) is 0 Å². The summed E-state index contributed by atoms with van der Waals surface area (Å²) in [5.41, 5.74) is 6.81. The lowest BCUT2D eigenvalue weighted by Gasteiger charge is -2.36. The van der Waals surface area contributed by atoms with Gasteiger partial charge in [0.25, 0.3) is 0 Å². The fraction of sp³-hybridized carbons (Fsp3) is 0.0833. The Morgan fingerprint density at radius 1 is 0.778 bits per heavy atom. The third kappa shape index (κ3) is 5.20. The first-order valence-corrected chi connectivity index (χ1v) is 18.1. The number of sulfone groups is 1. The number of benzene rings is 4. The van der Waals surface area contributed by atoms with Gasteiger partial charge in [-0.05, 0) is 46.5 Å². The minimum Gasteiger partial charge on any atom is -0.252 e. The Morgan fingerprint density at radius 2 is 1.38 bits per heavy atom. The van der Waals surface area contributed by atoms with Gasteiger partial charge >= 0.3 is 0 Å². The van der Waals surface area contributed by atoms with Crippen LogP contribution in [0.2, 0.25) is 0 Å².